The third-order valence-corrected chi connectivity index (χ3v) is 2.52. The van der Waals surface area contributed by atoms with Gasteiger partial charge in [0.2, 0.25) is 0 Å². The van der Waals surface area contributed by atoms with Crippen molar-refractivity contribution in [2.24, 2.45) is 0 Å². The van der Waals surface area contributed by atoms with Crippen LogP contribution in [0.2, 0.25) is 0 Å². The Hall–Kier alpha value is -1.36. The summed E-state index contributed by atoms with van der Waals surface area (Å²) in [5.74, 6) is 1.86. The maximum Gasteiger partial charge on any atom is 0.134 e. The van der Waals surface area contributed by atoms with Crippen LogP contribution < -0.4 is 15.5 Å². The summed E-state index contributed by atoms with van der Waals surface area (Å²) in [5, 5.41) is 6.23. The molecule has 76 valence electrons. The number of nitrogens with one attached hydrogen (secondary N) is 2. The Kier molecular flexibility index (Phi) is 2.49. The summed E-state index contributed by atoms with van der Waals surface area (Å²) in [4.78, 5) is 10.5. The number of hydrogen-bond acceptors (Lipinski definition) is 5. The topological polar surface area (TPSA) is 53.1 Å². The second kappa shape index (κ2) is 3.79. The highest BCUT2D eigenvalue weighted by Crippen LogP contribution is 2.19. The Balaban J connectivity index is 2.03. The van der Waals surface area contributed by atoms with Crippen LogP contribution in [0.4, 0.5) is 11.6 Å². The first-order valence-electron chi connectivity index (χ1n) is 4.75. The highest BCUT2D eigenvalue weighted by atomic mass is 15.3. The molecule has 0 atom stereocenters. The van der Waals surface area contributed by atoms with E-state index in [2.05, 4.69) is 25.5 Å². The zero-order chi connectivity index (χ0) is 9.97. The van der Waals surface area contributed by atoms with Crippen LogP contribution in [0.25, 0.3) is 0 Å². The fourth-order valence-corrected chi connectivity index (χ4v) is 1.50. The first-order chi connectivity index (χ1) is 6.83. The molecule has 2 N–H and O–H groups in total. The monoisotopic (exact) mass is 193 g/mol. The fourth-order valence-electron chi connectivity index (χ4n) is 1.50. The molecular weight excluding hydrogens is 178 g/mol. The van der Waals surface area contributed by atoms with Gasteiger partial charge in [0.25, 0.3) is 0 Å². The van der Waals surface area contributed by atoms with Crippen LogP contribution in [0.1, 0.15) is 0 Å². The van der Waals surface area contributed by atoms with Crippen LogP contribution in [0.3, 0.4) is 0 Å². The van der Waals surface area contributed by atoms with Gasteiger partial charge in [-0.25, -0.2) is 9.97 Å². The standard InChI is InChI=1S/C9H15N5/c1-10-7-4-14(5-7)9-3-8(11-2)12-6-13-9/h3,6-7,10H,4-5H2,1-2H3,(H,11,12,13). The zero-order valence-electron chi connectivity index (χ0n) is 8.49. The van der Waals surface area contributed by atoms with Gasteiger partial charge in [-0.3, -0.25) is 0 Å². The average molecular weight is 193 g/mol. The van der Waals surface area contributed by atoms with Gasteiger partial charge in [0.15, 0.2) is 0 Å². The largest absolute Gasteiger partial charge is 0.373 e. The maximum absolute atomic E-state index is 4.23. The Morgan fingerprint density at radius 3 is 2.79 bits per heavy atom. The quantitative estimate of drug-likeness (QED) is 0.703. The van der Waals surface area contributed by atoms with Gasteiger partial charge < -0.3 is 15.5 Å². The van der Waals surface area contributed by atoms with Crippen molar-refractivity contribution in [2.75, 3.05) is 37.4 Å². The minimum atomic E-state index is 0.600. The molecule has 0 unspecified atom stereocenters. The number of anilines is 2. The van der Waals surface area contributed by atoms with Gasteiger partial charge in [0, 0.05) is 32.2 Å². The molecule has 1 aromatic heterocycles. The lowest BCUT2D eigenvalue weighted by atomic mass is 10.1. The lowest BCUT2D eigenvalue weighted by Gasteiger charge is -2.39. The van der Waals surface area contributed by atoms with E-state index in [-0.39, 0.29) is 0 Å². The Morgan fingerprint density at radius 2 is 2.14 bits per heavy atom. The summed E-state index contributed by atoms with van der Waals surface area (Å²) in [6.07, 6.45) is 1.59. The van der Waals surface area contributed by atoms with E-state index in [9.17, 15) is 0 Å². The molecule has 5 heteroatoms. The maximum atomic E-state index is 4.23. The zero-order valence-corrected chi connectivity index (χ0v) is 8.49. The summed E-state index contributed by atoms with van der Waals surface area (Å²) >= 11 is 0. The van der Waals surface area contributed by atoms with Gasteiger partial charge in [-0.05, 0) is 7.05 Å². The van der Waals surface area contributed by atoms with Crippen molar-refractivity contribution in [3.8, 4) is 0 Å². The second-order valence-electron chi connectivity index (χ2n) is 3.40. The molecule has 0 bridgehead atoms. The Bertz CT molecular complexity index is 308. The van der Waals surface area contributed by atoms with Crippen LogP contribution in [0.5, 0.6) is 0 Å². The van der Waals surface area contributed by atoms with Crippen molar-refractivity contribution in [3.63, 3.8) is 0 Å². The van der Waals surface area contributed by atoms with Crippen molar-refractivity contribution in [1.29, 1.82) is 0 Å². The van der Waals surface area contributed by atoms with E-state index in [1.165, 1.54) is 0 Å². The van der Waals surface area contributed by atoms with Crippen molar-refractivity contribution in [2.45, 2.75) is 6.04 Å². The average Bonchev–Trinajstić information content (AvgIpc) is 2.17. The van der Waals surface area contributed by atoms with Crippen molar-refractivity contribution >= 4 is 11.6 Å². The molecule has 0 saturated carbocycles. The van der Waals surface area contributed by atoms with Crippen LogP contribution >= 0.6 is 0 Å². The fraction of sp³-hybridized carbons (Fsp3) is 0.556. The molecule has 5 nitrogen and oxygen atoms in total. The minimum absolute atomic E-state index is 0.600. The molecule has 1 saturated heterocycles. The molecule has 0 spiro atoms. The molecule has 0 aliphatic carbocycles. The predicted octanol–water partition coefficient (Wildman–Crippen LogP) is -0.0737. The summed E-state index contributed by atoms with van der Waals surface area (Å²) in [6, 6.07) is 2.56. The lowest BCUT2D eigenvalue weighted by Crippen LogP contribution is -2.57. The predicted molar refractivity (Wildman–Crippen MR) is 56.6 cm³/mol. The molecule has 1 aromatic rings. The molecule has 0 amide bonds. The van der Waals surface area contributed by atoms with E-state index < -0.39 is 0 Å². The van der Waals surface area contributed by atoms with E-state index in [0.717, 1.165) is 24.7 Å². The molecule has 2 rings (SSSR count). The molecule has 0 radical (unpaired) electrons. The minimum Gasteiger partial charge on any atom is -0.373 e. The van der Waals surface area contributed by atoms with Gasteiger partial charge >= 0.3 is 0 Å². The molecule has 1 aliphatic rings. The molecule has 1 fully saturated rings. The second-order valence-corrected chi connectivity index (χ2v) is 3.40. The van der Waals surface area contributed by atoms with Crippen LogP contribution in [-0.4, -0.2) is 43.2 Å². The van der Waals surface area contributed by atoms with Crippen LogP contribution in [0, 0.1) is 0 Å². The summed E-state index contributed by atoms with van der Waals surface area (Å²) in [5.41, 5.74) is 0. The third kappa shape index (κ3) is 1.63. The van der Waals surface area contributed by atoms with Crippen LogP contribution in [0.15, 0.2) is 12.4 Å². The van der Waals surface area contributed by atoms with E-state index in [1.54, 1.807) is 6.33 Å². The van der Waals surface area contributed by atoms with Gasteiger partial charge in [-0.15, -0.1) is 0 Å². The van der Waals surface area contributed by atoms with Gasteiger partial charge in [0.05, 0.1) is 0 Å². The van der Waals surface area contributed by atoms with E-state index in [4.69, 9.17) is 0 Å². The van der Waals surface area contributed by atoms with Gasteiger partial charge in [-0.1, -0.05) is 0 Å². The first-order valence-corrected chi connectivity index (χ1v) is 4.75. The number of rotatable bonds is 3. The molecule has 14 heavy (non-hydrogen) atoms. The van der Waals surface area contributed by atoms with Gasteiger partial charge in [0.1, 0.15) is 18.0 Å². The lowest BCUT2D eigenvalue weighted by molar-refractivity contribution is 0.447. The third-order valence-electron chi connectivity index (χ3n) is 2.52. The number of likely N-dealkylation sites (N-methyl/N-ethyl adjacent to an activating group) is 1. The molecule has 1 aliphatic heterocycles. The molecule has 0 aromatic carbocycles. The van der Waals surface area contributed by atoms with E-state index in [0.29, 0.717) is 6.04 Å². The number of hydrogen-bond donors (Lipinski definition) is 2. The van der Waals surface area contributed by atoms with Crippen molar-refractivity contribution in [3.05, 3.63) is 12.4 Å². The molecule has 2 heterocycles. The normalized spacial score (nSPS) is 16.6. The summed E-state index contributed by atoms with van der Waals surface area (Å²) in [7, 11) is 3.85. The highest BCUT2D eigenvalue weighted by Gasteiger charge is 2.26. The highest BCUT2D eigenvalue weighted by molar-refractivity contribution is 5.50. The summed E-state index contributed by atoms with van der Waals surface area (Å²) < 4.78 is 0. The smallest absolute Gasteiger partial charge is 0.134 e. The van der Waals surface area contributed by atoms with Gasteiger partial charge in [-0.2, -0.15) is 0 Å². The first kappa shape index (κ1) is 9.21. The van der Waals surface area contributed by atoms with Crippen molar-refractivity contribution in [1.82, 2.24) is 15.3 Å². The number of nitrogens with zero attached hydrogens (tertiary/aromatic N) is 3. The SMILES string of the molecule is CNc1cc(N2CC(NC)C2)ncn1. The number of aromatic nitrogens is 2. The Morgan fingerprint density at radius 1 is 1.36 bits per heavy atom. The summed E-state index contributed by atoms with van der Waals surface area (Å²) in [6.45, 7) is 2.05. The van der Waals surface area contributed by atoms with Crippen molar-refractivity contribution < 1.29 is 0 Å². The molecular formula is C9H15N5. The van der Waals surface area contributed by atoms with E-state index >= 15 is 0 Å². The Labute approximate surface area is 83.5 Å². The van der Waals surface area contributed by atoms with E-state index in [1.807, 2.05) is 20.2 Å². The van der Waals surface area contributed by atoms with Crippen LogP contribution in [-0.2, 0) is 0 Å².